The number of hydrogen-bond acceptors (Lipinski definition) is 13. The number of hydrogen-bond donors (Lipinski definition) is 5. The van der Waals surface area contributed by atoms with Crippen molar-refractivity contribution in [2.45, 2.75) is 25.5 Å². The molecule has 0 spiro atoms. The van der Waals surface area contributed by atoms with Crippen LogP contribution in [0.3, 0.4) is 0 Å². The number of carbonyl (C=O) groups is 5. The molecule has 0 bridgehead atoms. The summed E-state index contributed by atoms with van der Waals surface area (Å²) in [4.78, 5) is 69.8. The van der Waals surface area contributed by atoms with Crippen LogP contribution in [-0.4, -0.2) is 99.6 Å². The van der Waals surface area contributed by atoms with Crippen molar-refractivity contribution >= 4 is 62.2 Å². The van der Waals surface area contributed by atoms with Crippen molar-refractivity contribution in [1.29, 1.82) is 0 Å². The largest absolute Gasteiger partial charge is 0.478 e. The zero-order chi connectivity index (χ0) is 27.0. The molecule has 196 valence electrons. The molecule has 18 nitrogen and oxygen atoms in total. The molecule has 1 unspecified atom stereocenters. The van der Waals surface area contributed by atoms with E-state index in [9.17, 15) is 32.4 Å². The number of nitrogens with two attached hydrogens (primary N) is 2. The van der Waals surface area contributed by atoms with Crippen molar-refractivity contribution < 1.29 is 42.3 Å². The maximum absolute atomic E-state index is 12.8. The van der Waals surface area contributed by atoms with Gasteiger partial charge in [0, 0.05) is 5.38 Å². The number of carbonyl (C=O) groups excluding carboxylic acids is 4. The van der Waals surface area contributed by atoms with Crippen molar-refractivity contribution in [2.75, 3.05) is 25.4 Å². The topological polar surface area (TPSA) is 260 Å². The molecule has 0 aromatic carbocycles. The molecule has 2 fully saturated rings. The predicted octanol–water partition coefficient (Wildman–Crippen LogP) is -2.80. The van der Waals surface area contributed by atoms with Gasteiger partial charge in [0.1, 0.15) is 11.7 Å². The number of oxime groups is 1. The quantitative estimate of drug-likeness (QED) is 0.0727. The number of β-lactam (4-membered cyclic amide) rings is 1. The normalized spacial score (nSPS) is 18.7. The molecule has 2 saturated heterocycles. The summed E-state index contributed by atoms with van der Waals surface area (Å²) in [6, 6.07) is -3.66. The number of carboxylic acids is 1. The average molecular weight is 548 g/mol. The minimum absolute atomic E-state index is 0.0621. The van der Waals surface area contributed by atoms with Crippen LogP contribution in [0.1, 0.15) is 19.5 Å². The van der Waals surface area contributed by atoms with Crippen LogP contribution in [0.25, 0.3) is 0 Å². The van der Waals surface area contributed by atoms with Gasteiger partial charge in [0.15, 0.2) is 10.8 Å². The van der Waals surface area contributed by atoms with Gasteiger partial charge in [-0.2, -0.15) is 8.42 Å². The summed E-state index contributed by atoms with van der Waals surface area (Å²) in [5, 5.41) is 17.1. The number of amides is 6. The highest BCUT2D eigenvalue weighted by molar-refractivity contribution is 7.88. The highest BCUT2D eigenvalue weighted by atomic mass is 32.2. The number of imide groups is 1. The summed E-state index contributed by atoms with van der Waals surface area (Å²) < 4.78 is 26.4. The first kappa shape index (κ1) is 26.6. The monoisotopic (exact) mass is 547 g/mol. The van der Waals surface area contributed by atoms with E-state index in [4.69, 9.17) is 21.5 Å². The zero-order valence-corrected chi connectivity index (χ0v) is 20.3. The van der Waals surface area contributed by atoms with Gasteiger partial charge in [-0.3, -0.25) is 19.5 Å². The van der Waals surface area contributed by atoms with Gasteiger partial charge < -0.3 is 21.0 Å². The number of likely N-dealkylation sites (tertiary alicyclic amines) is 1. The van der Waals surface area contributed by atoms with Crippen LogP contribution in [0.15, 0.2) is 10.5 Å². The number of anilines is 1. The van der Waals surface area contributed by atoms with Gasteiger partial charge in [0.05, 0.1) is 19.6 Å². The van der Waals surface area contributed by atoms with Crippen LogP contribution in [0.4, 0.5) is 14.7 Å². The summed E-state index contributed by atoms with van der Waals surface area (Å²) in [6.45, 7) is 1.56. The standard InChI is InChI=1S/C16H21N9O9S2/c1-16(2,12(28)29)34-21-9(8-6-35-13(17)20-8)10(26)19-7-5-23(11(7)27)14(30)22-36(32,33)25-4-3-24(18)15(25)31/h6-7H,3-5,18H2,1-2H3,(H2,17,20)(H,19,26)(H,22,30)(H,28,29). The Balaban J connectivity index is 1.66. The van der Waals surface area contributed by atoms with Crippen LogP contribution in [0, 0.1) is 0 Å². The number of nitrogens with one attached hydrogen (secondary N) is 2. The lowest BCUT2D eigenvalue weighted by molar-refractivity contribution is -0.161. The van der Waals surface area contributed by atoms with Gasteiger partial charge in [-0.05, 0) is 13.8 Å². The van der Waals surface area contributed by atoms with Crippen molar-refractivity contribution in [1.82, 2.24) is 29.2 Å². The van der Waals surface area contributed by atoms with E-state index in [-0.39, 0.29) is 23.9 Å². The molecular weight excluding hydrogens is 526 g/mol. The Kier molecular flexibility index (Phi) is 7.04. The summed E-state index contributed by atoms with van der Waals surface area (Å²) in [6.07, 6.45) is 0. The van der Waals surface area contributed by atoms with Gasteiger partial charge in [0.2, 0.25) is 5.60 Å². The first-order valence-electron chi connectivity index (χ1n) is 9.88. The van der Waals surface area contributed by atoms with Crippen molar-refractivity contribution in [3.63, 3.8) is 0 Å². The van der Waals surface area contributed by atoms with Crippen molar-refractivity contribution in [2.24, 2.45) is 11.0 Å². The lowest BCUT2D eigenvalue weighted by Crippen LogP contribution is -2.68. The zero-order valence-electron chi connectivity index (χ0n) is 18.7. The number of nitrogens with zero attached hydrogens (tertiary/aromatic N) is 5. The number of aliphatic carboxylic acids is 1. The molecule has 0 radical (unpaired) electrons. The molecule has 1 aromatic heterocycles. The van der Waals surface area contributed by atoms with Crippen LogP contribution in [0.5, 0.6) is 0 Å². The van der Waals surface area contributed by atoms with Crippen LogP contribution in [-0.2, 0) is 29.4 Å². The number of aromatic nitrogens is 1. The van der Waals surface area contributed by atoms with Gasteiger partial charge in [0.25, 0.3) is 11.8 Å². The number of urea groups is 2. The SMILES string of the molecule is CC(C)(ON=C(C(=O)NC1CN(C(=O)NS(=O)(=O)N2CCN(N)C2=O)C1=O)c1csc(N)n1)C(=O)O. The van der Waals surface area contributed by atoms with E-state index in [2.05, 4.69) is 15.5 Å². The van der Waals surface area contributed by atoms with Crippen LogP contribution < -0.4 is 21.6 Å². The average Bonchev–Trinajstić information content (AvgIpc) is 3.35. The third-order valence-corrected chi connectivity index (χ3v) is 6.87. The van der Waals surface area contributed by atoms with E-state index >= 15 is 0 Å². The van der Waals surface area contributed by atoms with E-state index < -0.39 is 64.0 Å². The number of thiazole rings is 1. The number of nitrogen functional groups attached to an aromatic ring is 1. The van der Waals surface area contributed by atoms with E-state index in [1.165, 1.54) is 19.2 Å². The summed E-state index contributed by atoms with van der Waals surface area (Å²) in [7, 11) is -4.62. The first-order valence-corrected chi connectivity index (χ1v) is 12.2. The molecule has 0 aliphatic carbocycles. The fourth-order valence-electron chi connectivity index (χ4n) is 2.72. The molecular formula is C16H21N9O9S2. The number of carboxylic acid groups (broad SMARTS) is 1. The second-order valence-corrected chi connectivity index (χ2v) is 10.3. The molecule has 7 N–H and O–H groups in total. The molecule has 1 atom stereocenters. The van der Waals surface area contributed by atoms with E-state index in [0.29, 0.717) is 14.2 Å². The fourth-order valence-corrected chi connectivity index (χ4v) is 4.34. The van der Waals surface area contributed by atoms with Gasteiger partial charge in [-0.15, -0.1) is 11.3 Å². The van der Waals surface area contributed by atoms with E-state index in [0.717, 1.165) is 11.3 Å². The Morgan fingerprint density at radius 1 is 1.31 bits per heavy atom. The second kappa shape index (κ2) is 9.54. The second-order valence-electron chi connectivity index (χ2n) is 7.85. The Bertz CT molecular complexity index is 1260. The summed E-state index contributed by atoms with van der Waals surface area (Å²) in [5.41, 5.74) is 3.21. The number of hydrazine groups is 1. The minimum Gasteiger partial charge on any atom is -0.478 e. The third-order valence-electron chi connectivity index (χ3n) is 4.85. The van der Waals surface area contributed by atoms with E-state index in [1.54, 1.807) is 4.72 Å². The lowest BCUT2D eigenvalue weighted by Gasteiger charge is -2.36. The first-order chi connectivity index (χ1) is 16.6. The van der Waals surface area contributed by atoms with Crippen molar-refractivity contribution in [3.8, 4) is 0 Å². The third kappa shape index (κ3) is 5.28. The molecule has 36 heavy (non-hydrogen) atoms. The summed E-state index contributed by atoms with van der Waals surface area (Å²) in [5.74, 6) is 1.97. The maximum atomic E-state index is 12.8. The Hall–Kier alpha value is -4.04. The molecule has 6 amide bonds. The van der Waals surface area contributed by atoms with Crippen LogP contribution >= 0.6 is 11.3 Å². The van der Waals surface area contributed by atoms with Gasteiger partial charge >= 0.3 is 28.2 Å². The van der Waals surface area contributed by atoms with Crippen LogP contribution in [0.2, 0.25) is 0 Å². The highest BCUT2D eigenvalue weighted by Crippen LogP contribution is 2.17. The Labute approximate surface area is 207 Å². The predicted molar refractivity (Wildman–Crippen MR) is 120 cm³/mol. The number of rotatable bonds is 8. The lowest BCUT2D eigenvalue weighted by atomic mass is 10.1. The fraction of sp³-hybridized carbons (Fsp3) is 0.438. The molecule has 2 aliphatic heterocycles. The molecule has 3 heterocycles. The maximum Gasteiger partial charge on any atom is 0.350 e. The Morgan fingerprint density at radius 2 is 1.97 bits per heavy atom. The van der Waals surface area contributed by atoms with Gasteiger partial charge in [-0.25, -0.2) is 34.2 Å². The van der Waals surface area contributed by atoms with Gasteiger partial charge in [-0.1, -0.05) is 5.16 Å². The smallest absolute Gasteiger partial charge is 0.350 e. The molecule has 0 saturated carbocycles. The summed E-state index contributed by atoms with van der Waals surface area (Å²) >= 11 is 0.959. The molecule has 2 aliphatic rings. The Morgan fingerprint density at radius 3 is 2.47 bits per heavy atom. The minimum atomic E-state index is -4.62. The molecule has 20 heteroatoms. The molecule has 1 aromatic rings. The van der Waals surface area contributed by atoms with E-state index in [1.807, 2.05) is 0 Å². The molecule has 3 rings (SSSR count). The van der Waals surface area contributed by atoms with Crippen molar-refractivity contribution in [3.05, 3.63) is 11.1 Å². The highest BCUT2D eigenvalue weighted by Gasteiger charge is 2.45.